The number of methoxy groups -OCH3 is 2. The molecule has 4 aromatic rings. The summed E-state index contributed by atoms with van der Waals surface area (Å²) in [5, 5.41) is 16.2. The number of benzene rings is 2. The number of nitrogens with two attached hydrogens (primary N) is 1. The van der Waals surface area contributed by atoms with Crippen molar-refractivity contribution < 1.29 is 19.2 Å². The number of nitro groups is 1. The molecule has 1 aliphatic carbocycles. The predicted octanol–water partition coefficient (Wildman–Crippen LogP) is 4.65. The zero-order valence-electron chi connectivity index (χ0n) is 24.0. The maximum Gasteiger partial charge on any atom is 0.341 e. The molecule has 12 nitrogen and oxygen atoms in total. The van der Waals surface area contributed by atoms with Gasteiger partial charge in [-0.05, 0) is 37.7 Å². The number of rotatable bonds is 7. The Balaban J connectivity index is 1.38. The number of aromatic nitrogens is 3. The number of fused-ring (bicyclic) bond motifs is 2. The average Bonchev–Trinajstić information content (AvgIpc) is 3.60. The molecule has 1 saturated heterocycles. The monoisotopic (exact) mass is 571 g/mol. The van der Waals surface area contributed by atoms with Crippen molar-refractivity contribution in [3.8, 4) is 17.0 Å². The molecule has 2 aliphatic rings. The number of nitrogens with one attached hydrogen (secondary N) is 1. The normalized spacial score (nSPS) is 21.4. The van der Waals surface area contributed by atoms with E-state index in [1.165, 1.54) is 26.5 Å². The number of nitrogens with zero attached hydrogens (tertiary/aromatic N) is 5. The predicted molar refractivity (Wildman–Crippen MR) is 159 cm³/mol. The molecule has 2 aromatic carbocycles. The molecule has 12 heteroatoms. The summed E-state index contributed by atoms with van der Waals surface area (Å²) in [5.74, 6) is 0.773. The van der Waals surface area contributed by atoms with Crippen LogP contribution in [0.3, 0.4) is 0 Å². The van der Waals surface area contributed by atoms with Gasteiger partial charge in [-0.15, -0.1) is 0 Å². The molecule has 2 aromatic heterocycles. The van der Waals surface area contributed by atoms with Crippen LogP contribution < -0.4 is 20.7 Å². The molecule has 6 rings (SSSR count). The van der Waals surface area contributed by atoms with E-state index in [4.69, 9.17) is 15.2 Å². The van der Waals surface area contributed by atoms with Crippen LogP contribution in [0.15, 0.2) is 48.8 Å². The number of para-hydroxylation sites is 1. The van der Waals surface area contributed by atoms with E-state index >= 15 is 0 Å². The molecule has 0 bridgehead atoms. The second-order valence-electron chi connectivity index (χ2n) is 11.5. The van der Waals surface area contributed by atoms with E-state index in [2.05, 4.69) is 27.1 Å². The van der Waals surface area contributed by atoms with Gasteiger partial charge < -0.3 is 30.0 Å². The molecule has 0 amide bonds. The van der Waals surface area contributed by atoms with Gasteiger partial charge in [0.1, 0.15) is 17.0 Å². The summed E-state index contributed by atoms with van der Waals surface area (Å²) in [5.41, 5.74) is 9.24. The van der Waals surface area contributed by atoms with Crippen LogP contribution in [0.1, 0.15) is 30.1 Å². The van der Waals surface area contributed by atoms with Gasteiger partial charge in [-0.2, -0.15) is 0 Å². The first-order chi connectivity index (χ1) is 20.1. The van der Waals surface area contributed by atoms with Crippen LogP contribution in [0, 0.1) is 22.0 Å². The van der Waals surface area contributed by atoms with Crippen LogP contribution in [0.25, 0.3) is 22.2 Å². The van der Waals surface area contributed by atoms with Gasteiger partial charge in [0, 0.05) is 66.7 Å². The molecule has 1 saturated carbocycles. The van der Waals surface area contributed by atoms with Crippen molar-refractivity contribution in [1.82, 2.24) is 14.5 Å². The van der Waals surface area contributed by atoms with E-state index in [0.29, 0.717) is 47.7 Å². The first-order valence-corrected chi connectivity index (χ1v) is 13.8. The Bertz CT molecular complexity index is 1700. The fraction of sp³-hybridized carbons (Fsp3) is 0.367. The number of carbonyl (C=O) groups is 1. The van der Waals surface area contributed by atoms with Gasteiger partial charge in [0.25, 0.3) is 5.69 Å². The second-order valence-corrected chi connectivity index (χ2v) is 11.5. The average molecular weight is 572 g/mol. The third kappa shape index (κ3) is 4.77. The van der Waals surface area contributed by atoms with E-state index in [1.807, 2.05) is 42.1 Å². The maximum absolute atomic E-state index is 12.7. The highest BCUT2D eigenvalue weighted by Gasteiger charge is 2.46. The van der Waals surface area contributed by atoms with Gasteiger partial charge in [-0.1, -0.05) is 18.2 Å². The maximum atomic E-state index is 12.7. The molecular formula is C30H33N7O5. The molecule has 42 heavy (non-hydrogen) atoms. The van der Waals surface area contributed by atoms with Crippen LogP contribution in [0.5, 0.6) is 5.75 Å². The van der Waals surface area contributed by atoms with E-state index in [9.17, 15) is 14.9 Å². The lowest BCUT2D eigenvalue weighted by atomic mass is 10.00. The van der Waals surface area contributed by atoms with Crippen molar-refractivity contribution in [1.29, 1.82) is 0 Å². The summed E-state index contributed by atoms with van der Waals surface area (Å²) in [6.45, 7) is 3.49. The lowest BCUT2D eigenvalue weighted by molar-refractivity contribution is -0.384. The Morgan fingerprint density at radius 1 is 1.19 bits per heavy atom. The fourth-order valence-electron chi connectivity index (χ4n) is 6.66. The zero-order valence-corrected chi connectivity index (χ0v) is 24.0. The molecule has 1 aliphatic heterocycles. The van der Waals surface area contributed by atoms with Gasteiger partial charge in [0.2, 0.25) is 5.95 Å². The minimum absolute atomic E-state index is 0.0470. The molecule has 0 spiro atoms. The number of aryl methyl sites for hydroxylation is 1. The van der Waals surface area contributed by atoms with Gasteiger partial charge >= 0.3 is 5.97 Å². The summed E-state index contributed by atoms with van der Waals surface area (Å²) in [7, 11) is 4.73. The highest BCUT2D eigenvalue weighted by atomic mass is 16.6. The molecule has 3 heterocycles. The van der Waals surface area contributed by atoms with Gasteiger partial charge in [0.05, 0.1) is 30.5 Å². The number of hydrogen-bond acceptors (Lipinski definition) is 10. The van der Waals surface area contributed by atoms with Crippen molar-refractivity contribution in [3.63, 3.8) is 0 Å². The van der Waals surface area contributed by atoms with Crippen molar-refractivity contribution in [3.05, 3.63) is 64.5 Å². The zero-order chi connectivity index (χ0) is 29.8. The Kier molecular flexibility index (Phi) is 6.72. The SMILES string of the molecule is COC(=O)c1cnc(Nc2cc([N+](=O)[O-])c(N3CC4CC(C)(N)CC4C3)cc2OC)nc1-c1cn(C)c2ccccc12. The van der Waals surface area contributed by atoms with Crippen LogP contribution in [0.4, 0.5) is 23.0 Å². The highest BCUT2D eigenvalue weighted by molar-refractivity contribution is 6.03. The Morgan fingerprint density at radius 3 is 2.57 bits per heavy atom. The molecule has 218 valence electrons. The van der Waals surface area contributed by atoms with Crippen molar-refractivity contribution in [2.75, 3.05) is 37.5 Å². The van der Waals surface area contributed by atoms with Crippen LogP contribution in [-0.2, 0) is 11.8 Å². The van der Waals surface area contributed by atoms with Crippen LogP contribution in [-0.4, -0.2) is 58.3 Å². The van der Waals surface area contributed by atoms with E-state index in [-0.39, 0.29) is 27.7 Å². The molecule has 3 N–H and O–H groups in total. The summed E-state index contributed by atoms with van der Waals surface area (Å²) >= 11 is 0. The summed E-state index contributed by atoms with van der Waals surface area (Å²) in [4.78, 5) is 35.6. The number of nitro benzene ring substituents is 1. The third-order valence-electron chi connectivity index (χ3n) is 8.46. The highest BCUT2D eigenvalue weighted by Crippen LogP contribution is 2.47. The smallest absolute Gasteiger partial charge is 0.341 e. The summed E-state index contributed by atoms with van der Waals surface area (Å²) in [6, 6.07) is 10.9. The number of hydrogen-bond donors (Lipinski definition) is 2. The first-order valence-electron chi connectivity index (χ1n) is 13.8. The van der Waals surface area contributed by atoms with Crippen LogP contribution >= 0.6 is 0 Å². The number of esters is 1. The third-order valence-corrected chi connectivity index (χ3v) is 8.46. The minimum Gasteiger partial charge on any atom is -0.494 e. The molecule has 2 unspecified atom stereocenters. The van der Waals surface area contributed by atoms with E-state index < -0.39 is 5.97 Å². The Morgan fingerprint density at radius 2 is 1.90 bits per heavy atom. The van der Waals surface area contributed by atoms with E-state index in [0.717, 1.165) is 29.3 Å². The topological polar surface area (TPSA) is 151 Å². The number of carbonyl (C=O) groups excluding carboxylic acids is 1. The van der Waals surface area contributed by atoms with Gasteiger partial charge in [0.15, 0.2) is 0 Å². The summed E-state index contributed by atoms with van der Waals surface area (Å²) in [6.07, 6.45) is 5.08. The lowest BCUT2D eigenvalue weighted by Crippen LogP contribution is -2.35. The van der Waals surface area contributed by atoms with Crippen molar-refractivity contribution in [2.24, 2.45) is 24.6 Å². The first kappa shape index (κ1) is 27.5. The minimum atomic E-state index is -0.576. The standard InChI is InChI=1S/C30H33N7O5/c1-30(31)11-17-14-36(15-18(17)12-30)24-10-26(41-3)22(9-25(24)37(39)40)33-29-32-13-20(28(38)42-4)27(34-29)21-16-35(2)23-8-6-5-7-19(21)23/h5-10,13,16-18H,11-12,14-15,31H2,1-4H3,(H,32,33,34). The number of ether oxygens (including phenoxy) is 2. The van der Waals surface area contributed by atoms with Crippen molar-refractivity contribution in [2.45, 2.75) is 25.3 Å². The lowest BCUT2D eigenvalue weighted by Gasteiger charge is -2.25. The van der Waals surface area contributed by atoms with E-state index in [1.54, 1.807) is 6.07 Å². The Hall–Kier alpha value is -4.71. The second kappa shape index (κ2) is 10.3. The molecule has 2 fully saturated rings. The molecule has 0 radical (unpaired) electrons. The van der Waals surface area contributed by atoms with Gasteiger partial charge in [-0.25, -0.2) is 14.8 Å². The van der Waals surface area contributed by atoms with Gasteiger partial charge in [-0.3, -0.25) is 10.1 Å². The van der Waals surface area contributed by atoms with Crippen molar-refractivity contribution >= 4 is 39.9 Å². The number of anilines is 3. The van der Waals surface area contributed by atoms with Crippen LogP contribution in [0.2, 0.25) is 0 Å². The molecule has 2 atom stereocenters. The Labute approximate surface area is 242 Å². The quantitative estimate of drug-likeness (QED) is 0.182. The molecular weight excluding hydrogens is 538 g/mol. The fourth-order valence-corrected chi connectivity index (χ4v) is 6.66. The summed E-state index contributed by atoms with van der Waals surface area (Å²) < 4.78 is 12.6. The largest absolute Gasteiger partial charge is 0.494 e.